The Morgan fingerprint density at radius 3 is 2.89 bits per heavy atom. The third-order valence-electron chi connectivity index (χ3n) is 2.83. The second-order valence-electron chi connectivity index (χ2n) is 4.14. The summed E-state index contributed by atoms with van der Waals surface area (Å²) in [4.78, 5) is 24.4. The van der Waals surface area contributed by atoms with Gasteiger partial charge in [-0.3, -0.25) is 14.3 Å². The van der Waals surface area contributed by atoms with Gasteiger partial charge in [0.25, 0.3) is 5.56 Å². The average molecular weight is 261 g/mol. The zero-order chi connectivity index (χ0) is 14.4. The number of nitrogens with one attached hydrogen (secondary N) is 1. The molecule has 2 rings (SSSR count). The molecule has 0 aliphatic carbocycles. The van der Waals surface area contributed by atoms with Crippen molar-refractivity contribution in [3.63, 3.8) is 0 Å². The molecule has 1 aromatic heterocycles. The van der Waals surface area contributed by atoms with Crippen molar-refractivity contribution in [1.29, 1.82) is 0 Å². The van der Waals surface area contributed by atoms with E-state index in [-0.39, 0.29) is 0 Å². The van der Waals surface area contributed by atoms with Crippen molar-refractivity contribution in [2.24, 2.45) is 0 Å². The first-order valence-corrected chi connectivity index (χ1v) is 5.21. The number of aromatic nitrogens is 2. The van der Waals surface area contributed by atoms with Crippen LogP contribution in [0.5, 0.6) is 0 Å². The van der Waals surface area contributed by atoms with Gasteiger partial charge in [0.1, 0.15) is 12.2 Å². The molecular formula is C10H13FN2O5. The van der Waals surface area contributed by atoms with Gasteiger partial charge in [-0.05, 0) is 6.92 Å². The Bertz CT molecular complexity index is 596. The number of halogens is 1. The normalized spacial score (nSPS) is 40.8. The van der Waals surface area contributed by atoms with E-state index < -0.39 is 41.9 Å². The van der Waals surface area contributed by atoms with Gasteiger partial charge in [-0.15, -0.1) is 0 Å². The molecule has 1 unspecified atom stereocenters. The predicted octanol–water partition coefficient (Wildman–Crippen LogP) is -1.48. The number of alkyl halides is 1. The van der Waals surface area contributed by atoms with Crippen LogP contribution in [0, 0.1) is 0 Å². The van der Waals surface area contributed by atoms with Gasteiger partial charge >= 0.3 is 5.69 Å². The quantitative estimate of drug-likeness (QED) is 0.602. The number of aromatic amines is 1. The first-order valence-electron chi connectivity index (χ1n) is 5.71. The van der Waals surface area contributed by atoms with Crippen molar-refractivity contribution in [3.05, 3.63) is 33.1 Å². The second-order valence-corrected chi connectivity index (χ2v) is 4.14. The fraction of sp³-hybridized carbons (Fsp3) is 0.600. The van der Waals surface area contributed by atoms with E-state index in [4.69, 9.17) is 11.2 Å². The summed E-state index contributed by atoms with van der Waals surface area (Å²) in [5.74, 6) is 0. The van der Waals surface area contributed by atoms with Crippen molar-refractivity contribution in [3.8, 4) is 0 Å². The minimum absolute atomic E-state index is 0.667. The van der Waals surface area contributed by atoms with Crippen LogP contribution in [-0.2, 0) is 4.74 Å². The number of ether oxygens (including phenoxy) is 1. The SMILES string of the molecule is [2H][C@@]1(O)[C@@H](CO)OC(n2ccc(=O)[nH]c2=O)[C@]1(C)F. The van der Waals surface area contributed by atoms with Crippen LogP contribution < -0.4 is 11.2 Å². The Kier molecular flexibility index (Phi) is 2.77. The van der Waals surface area contributed by atoms with E-state index >= 15 is 0 Å². The molecule has 1 fully saturated rings. The first-order chi connectivity index (χ1) is 8.71. The van der Waals surface area contributed by atoms with Gasteiger partial charge < -0.3 is 14.9 Å². The number of nitrogens with zero attached hydrogens (tertiary/aromatic N) is 1. The Morgan fingerprint density at radius 2 is 2.39 bits per heavy atom. The van der Waals surface area contributed by atoms with Crippen molar-refractivity contribution in [2.45, 2.75) is 31.0 Å². The van der Waals surface area contributed by atoms with Crippen molar-refractivity contribution >= 4 is 0 Å². The van der Waals surface area contributed by atoms with E-state index in [2.05, 4.69) is 0 Å². The third kappa shape index (κ3) is 1.88. The molecule has 0 amide bonds. The molecule has 100 valence electrons. The molecule has 0 bridgehead atoms. The van der Waals surface area contributed by atoms with Crippen LogP contribution in [0.15, 0.2) is 21.9 Å². The maximum atomic E-state index is 14.5. The summed E-state index contributed by atoms with van der Waals surface area (Å²) in [6.45, 7) is 0.103. The van der Waals surface area contributed by atoms with Crippen LogP contribution in [0.3, 0.4) is 0 Å². The Balaban J connectivity index is 2.52. The van der Waals surface area contributed by atoms with Gasteiger partial charge in [0.2, 0.25) is 0 Å². The van der Waals surface area contributed by atoms with Crippen molar-refractivity contribution in [1.82, 2.24) is 9.55 Å². The lowest BCUT2D eigenvalue weighted by Gasteiger charge is -2.24. The fourth-order valence-electron chi connectivity index (χ4n) is 1.86. The summed E-state index contributed by atoms with van der Waals surface area (Å²) >= 11 is 0. The predicted molar refractivity (Wildman–Crippen MR) is 57.8 cm³/mol. The van der Waals surface area contributed by atoms with Gasteiger partial charge in [-0.1, -0.05) is 0 Å². The van der Waals surface area contributed by atoms with Gasteiger partial charge in [-0.25, -0.2) is 9.18 Å². The van der Waals surface area contributed by atoms with Crippen LogP contribution in [0.25, 0.3) is 0 Å². The van der Waals surface area contributed by atoms with Crippen LogP contribution in [0.1, 0.15) is 14.5 Å². The molecule has 3 N–H and O–H groups in total. The van der Waals surface area contributed by atoms with Crippen LogP contribution >= 0.6 is 0 Å². The number of hydrogen-bond donors (Lipinski definition) is 3. The molecule has 0 spiro atoms. The van der Waals surface area contributed by atoms with E-state index in [9.17, 15) is 19.1 Å². The highest BCUT2D eigenvalue weighted by Crippen LogP contribution is 2.40. The summed E-state index contributed by atoms with van der Waals surface area (Å²) in [5.41, 5.74) is -4.25. The molecule has 0 aromatic carbocycles. The Morgan fingerprint density at radius 1 is 1.72 bits per heavy atom. The first kappa shape index (κ1) is 11.6. The minimum Gasteiger partial charge on any atom is -0.394 e. The highest BCUT2D eigenvalue weighted by Gasteiger charge is 2.54. The van der Waals surface area contributed by atoms with Gasteiger partial charge in [-0.2, -0.15) is 0 Å². The number of aliphatic hydroxyl groups is 2. The fourth-order valence-corrected chi connectivity index (χ4v) is 1.86. The summed E-state index contributed by atoms with van der Waals surface area (Å²) in [6.07, 6.45) is -4.86. The van der Waals surface area contributed by atoms with Gasteiger partial charge in [0.15, 0.2) is 11.9 Å². The maximum Gasteiger partial charge on any atom is 0.330 e. The summed E-state index contributed by atoms with van der Waals surface area (Å²) in [5, 5.41) is 18.8. The van der Waals surface area contributed by atoms with Gasteiger partial charge in [0, 0.05) is 12.3 Å². The number of H-pyrrole nitrogens is 1. The topological polar surface area (TPSA) is 105 Å². The van der Waals surface area contributed by atoms with E-state index in [0.29, 0.717) is 0 Å². The summed E-state index contributed by atoms with van der Waals surface area (Å²) in [6, 6.07) is 0.982. The monoisotopic (exact) mass is 261 g/mol. The summed E-state index contributed by atoms with van der Waals surface area (Å²) < 4.78 is 27.8. The van der Waals surface area contributed by atoms with Crippen molar-refractivity contribution < 1.29 is 20.7 Å². The zero-order valence-electron chi connectivity index (χ0n) is 10.5. The second kappa shape index (κ2) is 4.30. The molecule has 2 heterocycles. The highest BCUT2D eigenvalue weighted by atomic mass is 19.1. The number of aliphatic hydroxyl groups excluding tert-OH is 1. The number of rotatable bonds is 2. The molecule has 4 atom stereocenters. The molecule has 18 heavy (non-hydrogen) atoms. The maximum absolute atomic E-state index is 14.5. The smallest absolute Gasteiger partial charge is 0.330 e. The van der Waals surface area contributed by atoms with E-state index in [1.54, 1.807) is 0 Å². The lowest BCUT2D eigenvalue weighted by atomic mass is 9.98. The molecule has 1 aromatic rings. The minimum atomic E-state index is -2.72. The molecule has 1 aliphatic heterocycles. The van der Waals surface area contributed by atoms with Crippen LogP contribution in [0.4, 0.5) is 4.39 Å². The van der Waals surface area contributed by atoms with Crippen LogP contribution in [0.2, 0.25) is 0 Å². The summed E-state index contributed by atoms with van der Waals surface area (Å²) in [7, 11) is 0. The van der Waals surface area contributed by atoms with E-state index in [1.165, 1.54) is 0 Å². The molecular weight excluding hydrogens is 247 g/mol. The molecule has 0 radical (unpaired) electrons. The number of hydrogen-bond acceptors (Lipinski definition) is 5. The molecule has 8 heteroatoms. The van der Waals surface area contributed by atoms with Gasteiger partial charge in [0.05, 0.1) is 7.98 Å². The molecule has 1 aliphatic rings. The third-order valence-corrected chi connectivity index (χ3v) is 2.83. The molecule has 1 saturated heterocycles. The van der Waals surface area contributed by atoms with Crippen LogP contribution in [-0.4, -0.2) is 44.2 Å². The lowest BCUT2D eigenvalue weighted by molar-refractivity contribution is -0.0611. The standard InChI is InChI=1S/C10H13FN2O5/c1-10(11)7(16)5(4-14)18-8(10)13-3-2-6(15)12-9(13)17/h2-3,5,7-8,14,16H,4H2,1H3,(H,12,15,17)/t5-,7-,8?,10-/m1/s1/i7D. The van der Waals surface area contributed by atoms with E-state index in [1.807, 2.05) is 4.98 Å². The average Bonchev–Trinajstić information content (AvgIpc) is 2.47. The molecule has 0 saturated carbocycles. The Hall–Kier alpha value is -1.51. The largest absolute Gasteiger partial charge is 0.394 e. The lowest BCUT2D eigenvalue weighted by Crippen LogP contribution is -2.43. The molecule has 7 nitrogen and oxygen atoms in total. The highest BCUT2D eigenvalue weighted by molar-refractivity contribution is 5.01. The van der Waals surface area contributed by atoms with Crippen molar-refractivity contribution in [2.75, 3.05) is 6.61 Å². The Labute approximate surface area is 102 Å². The zero-order valence-corrected chi connectivity index (χ0v) is 9.46. The van der Waals surface area contributed by atoms with E-state index in [0.717, 1.165) is 23.8 Å².